The molecule has 0 amide bonds. The fourth-order valence-electron chi connectivity index (χ4n) is 2.17. The van der Waals surface area contributed by atoms with Crippen LogP contribution in [-0.2, 0) is 0 Å². The Morgan fingerprint density at radius 1 is 1.61 bits per heavy atom. The number of hydrogen-bond donors (Lipinski definition) is 1. The lowest BCUT2D eigenvalue weighted by atomic mass is 10.2. The van der Waals surface area contributed by atoms with Gasteiger partial charge in [-0.05, 0) is 26.6 Å². The van der Waals surface area contributed by atoms with Gasteiger partial charge in [-0.2, -0.15) is 0 Å². The van der Waals surface area contributed by atoms with Crippen molar-refractivity contribution in [2.75, 3.05) is 32.1 Å². The van der Waals surface area contributed by atoms with Crippen LogP contribution in [0.25, 0.3) is 0 Å². The highest BCUT2D eigenvalue weighted by molar-refractivity contribution is 5.88. The predicted molar refractivity (Wildman–Crippen MR) is 65.5 cm³/mol. The Hall–Kier alpha value is -1.69. The van der Waals surface area contributed by atoms with Gasteiger partial charge in [0.05, 0.1) is 0 Å². The van der Waals surface area contributed by atoms with Crippen LogP contribution in [0.5, 0.6) is 0 Å². The SMILES string of the molecule is CN(C)C1CCN(c2nccc(C(=O)O)c2F)C1. The third-order valence-electron chi connectivity index (χ3n) is 3.29. The highest BCUT2D eigenvalue weighted by atomic mass is 19.1. The Bertz CT molecular complexity index is 465. The molecular formula is C12H16FN3O2. The molecule has 5 nitrogen and oxygen atoms in total. The molecule has 1 aromatic rings. The summed E-state index contributed by atoms with van der Waals surface area (Å²) in [5.74, 6) is -1.87. The summed E-state index contributed by atoms with van der Waals surface area (Å²) < 4.78 is 14.0. The second kappa shape index (κ2) is 4.89. The van der Waals surface area contributed by atoms with Crippen LogP contribution in [0.1, 0.15) is 16.8 Å². The van der Waals surface area contributed by atoms with Gasteiger partial charge in [-0.3, -0.25) is 0 Å². The maximum atomic E-state index is 14.0. The number of aromatic carboxylic acids is 1. The van der Waals surface area contributed by atoms with E-state index in [0.29, 0.717) is 19.1 Å². The van der Waals surface area contributed by atoms with E-state index >= 15 is 0 Å². The number of pyridine rings is 1. The average molecular weight is 253 g/mol. The standard InChI is InChI=1S/C12H16FN3O2/c1-15(2)8-4-6-16(7-8)11-10(13)9(12(17)18)3-5-14-11/h3,5,8H,4,6-7H2,1-2H3,(H,17,18). The molecule has 0 bridgehead atoms. The number of rotatable bonds is 3. The number of hydrogen-bond acceptors (Lipinski definition) is 4. The lowest BCUT2D eigenvalue weighted by Crippen LogP contribution is -2.32. The van der Waals surface area contributed by atoms with Gasteiger partial charge in [0, 0.05) is 25.3 Å². The number of anilines is 1. The van der Waals surface area contributed by atoms with Crippen molar-refractivity contribution >= 4 is 11.8 Å². The molecule has 1 aliphatic heterocycles. The number of carboxylic acid groups (broad SMARTS) is 1. The van der Waals surface area contributed by atoms with E-state index in [4.69, 9.17) is 5.11 Å². The van der Waals surface area contributed by atoms with E-state index in [2.05, 4.69) is 9.88 Å². The number of nitrogens with zero attached hydrogens (tertiary/aromatic N) is 3. The summed E-state index contributed by atoms with van der Waals surface area (Å²) in [6.45, 7) is 1.36. The molecule has 0 radical (unpaired) electrons. The van der Waals surface area contributed by atoms with Crippen LogP contribution in [0.2, 0.25) is 0 Å². The van der Waals surface area contributed by atoms with Crippen molar-refractivity contribution < 1.29 is 14.3 Å². The zero-order valence-electron chi connectivity index (χ0n) is 10.4. The van der Waals surface area contributed by atoms with Crippen molar-refractivity contribution in [3.8, 4) is 0 Å². The first kappa shape index (κ1) is 12.8. The van der Waals surface area contributed by atoms with Gasteiger partial charge in [0.1, 0.15) is 5.56 Å². The lowest BCUT2D eigenvalue weighted by molar-refractivity contribution is 0.0691. The fourth-order valence-corrected chi connectivity index (χ4v) is 2.17. The minimum atomic E-state index is -1.26. The van der Waals surface area contributed by atoms with Crippen LogP contribution in [0.4, 0.5) is 10.2 Å². The molecule has 0 aliphatic carbocycles. The quantitative estimate of drug-likeness (QED) is 0.873. The van der Waals surface area contributed by atoms with E-state index < -0.39 is 11.8 Å². The highest BCUT2D eigenvalue weighted by Gasteiger charge is 2.28. The molecule has 1 unspecified atom stereocenters. The van der Waals surface area contributed by atoms with Crippen molar-refractivity contribution in [2.24, 2.45) is 0 Å². The van der Waals surface area contributed by atoms with Crippen molar-refractivity contribution in [1.82, 2.24) is 9.88 Å². The van der Waals surface area contributed by atoms with Crippen molar-refractivity contribution in [3.05, 3.63) is 23.6 Å². The monoisotopic (exact) mass is 253 g/mol. The number of likely N-dealkylation sites (N-methyl/N-ethyl adjacent to an activating group) is 1. The maximum Gasteiger partial charge on any atom is 0.338 e. The molecule has 1 saturated heterocycles. The van der Waals surface area contributed by atoms with E-state index in [0.717, 1.165) is 6.42 Å². The Kier molecular flexibility index (Phi) is 3.47. The molecule has 6 heteroatoms. The van der Waals surface area contributed by atoms with E-state index in [9.17, 15) is 9.18 Å². The van der Waals surface area contributed by atoms with Crippen LogP contribution in [-0.4, -0.2) is 54.2 Å². The van der Waals surface area contributed by atoms with Crippen LogP contribution < -0.4 is 4.90 Å². The van der Waals surface area contributed by atoms with Gasteiger partial charge in [-0.25, -0.2) is 14.2 Å². The van der Waals surface area contributed by atoms with Crippen LogP contribution in [0.15, 0.2) is 12.3 Å². The van der Waals surface area contributed by atoms with E-state index in [1.807, 2.05) is 14.1 Å². The predicted octanol–water partition coefficient (Wildman–Crippen LogP) is 1.06. The van der Waals surface area contributed by atoms with Gasteiger partial charge < -0.3 is 14.9 Å². The first-order valence-electron chi connectivity index (χ1n) is 5.80. The number of aromatic nitrogens is 1. The molecule has 1 aliphatic rings. The third kappa shape index (κ3) is 2.28. The largest absolute Gasteiger partial charge is 0.478 e. The summed E-state index contributed by atoms with van der Waals surface area (Å²) in [5, 5.41) is 8.88. The van der Waals surface area contributed by atoms with Gasteiger partial charge in [-0.15, -0.1) is 0 Å². The molecule has 1 aromatic heterocycles. The third-order valence-corrected chi connectivity index (χ3v) is 3.29. The number of carboxylic acids is 1. The lowest BCUT2D eigenvalue weighted by Gasteiger charge is -2.21. The molecule has 1 N–H and O–H groups in total. The van der Waals surface area contributed by atoms with Gasteiger partial charge >= 0.3 is 5.97 Å². The zero-order chi connectivity index (χ0) is 13.3. The zero-order valence-corrected chi connectivity index (χ0v) is 10.4. The Morgan fingerprint density at radius 3 is 2.89 bits per heavy atom. The summed E-state index contributed by atoms with van der Waals surface area (Å²) in [4.78, 5) is 18.7. The minimum Gasteiger partial charge on any atom is -0.478 e. The van der Waals surface area contributed by atoms with Gasteiger partial charge in [0.25, 0.3) is 0 Å². The van der Waals surface area contributed by atoms with E-state index in [1.165, 1.54) is 12.3 Å². The van der Waals surface area contributed by atoms with Crippen LogP contribution in [0.3, 0.4) is 0 Å². The van der Waals surface area contributed by atoms with E-state index in [-0.39, 0.29) is 11.4 Å². The summed E-state index contributed by atoms with van der Waals surface area (Å²) in [5.41, 5.74) is -0.326. The second-order valence-corrected chi connectivity index (χ2v) is 4.65. The first-order chi connectivity index (χ1) is 8.50. The number of carbonyl (C=O) groups is 1. The minimum absolute atomic E-state index is 0.138. The van der Waals surface area contributed by atoms with Crippen molar-refractivity contribution in [2.45, 2.75) is 12.5 Å². The molecule has 0 saturated carbocycles. The topological polar surface area (TPSA) is 56.7 Å². The smallest absolute Gasteiger partial charge is 0.338 e. The Balaban J connectivity index is 2.25. The first-order valence-corrected chi connectivity index (χ1v) is 5.80. The fraction of sp³-hybridized carbons (Fsp3) is 0.500. The molecule has 0 aromatic carbocycles. The van der Waals surface area contributed by atoms with E-state index in [1.54, 1.807) is 4.90 Å². The molecule has 18 heavy (non-hydrogen) atoms. The highest BCUT2D eigenvalue weighted by Crippen LogP contribution is 2.24. The molecule has 2 rings (SSSR count). The maximum absolute atomic E-state index is 14.0. The van der Waals surface area contributed by atoms with Gasteiger partial charge in [0.2, 0.25) is 0 Å². The summed E-state index contributed by atoms with van der Waals surface area (Å²) >= 11 is 0. The normalized spacial score (nSPS) is 19.6. The molecule has 2 heterocycles. The second-order valence-electron chi connectivity index (χ2n) is 4.65. The van der Waals surface area contributed by atoms with Gasteiger partial charge in [0.15, 0.2) is 11.6 Å². The average Bonchev–Trinajstić information content (AvgIpc) is 2.78. The molecular weight excluding hydrogens is 237 g/mol. The Labute approximate surface area is 105 Å². The molecule has 1 fully saturated rings. The van der Waals surface area contributed by atoms with Crippen molar-refractivity contribution in [3.63, 3.8) is 0 Å². The van der Waals surface area contributed by atoms with Crippen LogP contribution >= 0.6 is 0 Å². The Morgan fingerprint density at radius 2 is 2.33 bits per heavy atom. The van der Waals surface area contributed by atoms with Gasteiger partial charge in [-0.1, -0.05) is 0 Å². The van der Waals surface area contributed by atoms with Crippen LogP contribution in [0, 0.1) is 5.82 Å². The molecule has 98 valence electrons. The summed E-state index contributed by atoms with van der Waals surface area (Å²) in [6, 6.07) is 1.53. The summed E-state index contributed by atoms with van der Waals surface area (Å²) in [7, 11) is 3.96. The summed E-state index contributed by atoms with van der Waals surface area (Å²) in [6.07, 6.45) is 2.26. The number of halogens is 1. The molecule has 1 atom stereocenters. The molecule has 0 spiro atoms. The van der Waals surface area contributed by atoms with Crippen molar-refractivity contribution in [1.29, 1.82) is 0 Å².